The maximum absolute atomic E-state index is 5.38. The average molecular weight is 403 g/mol. The van der Waals surface area contributed by atoms with Gasteiger partial charge < -0.3 is 15.0 Å². The van der Waals surface area contributed by atoms with E-state index in [1.165, 1.54) is 49.2 Å². The van der Waals surface area contributed by atoms with E-state index in [1.807, 2.05) is 7.11 Å². The van der Waals surface area contributed by atoms with E-state index in [2.05, 4.69) is 10.2 Å². The van der Waals surface area contributed by atoms with Crippen LogP contribution in [0.1, 0.15) is 55.1 Å². The van der Waals surface area contributed by atoms with Crippen LogP contribution in [0.2, 0.25) is 0 Å². The lowest BCUT2D eigenvalue weighted by atomic mass is 10.0. The average Bonchev–Trinajstić information content (AvgIpc) is 3.22. The minimum Gasteiger partial charge on any atom is -0.384 e. The summed E-state index contributed by atoms with van der Waals surface area (Å²) in [7, 11) is 1.81. The van der Waals surface area contributed by atoms with Crippen LogP contribution in [0.5, 0.6) is 0 Å². The molecule has 1 N–H and O–H groups in total. The fourth-order valence-electron chi connectivity index (χ4n) is 4.57. The molecule has 1 saturated heterocycles. The second kappa shape index (κ2) is 10.1. The number of anilines is 1. The third kappa shape index (κ3) is 4.61. The monoisotopic (exact) mass is 402 g/mol. The summed E-state index contributed by atoms with van der Waals surface area (Å²) in [6, 6.07) is 0. The van der Waals surface area contributed by atoms with Crippen molar-refractivity contribution in [2.24, 2.45) is 5.92 Å². The van der Waals surface area contributed by atoms with Gasteiger partial charge in [-0.25, -0.2) is 9.97 Å². The summed E-state index contributed by atoms with van der Waals surface area (Å²) in [5.41, 5.74) is 2.71. The molecule has 26 heavy (non-hydrogen) atoms. The second-order valence-electron chi connectivity index (χ2n) is 7.62. The zero-order chi connectivity index (χ0) is 16.4. The van der Waals surface area contributed by atoms with Crippen molar-refractivity contribution in [2.75, 3.05) is 44.8 Å². The molecule has 1 atom stereocenters. The van der Waals surface area contributed by atoms with Crippen LogP contribution in [0.3, 0.4) is 0 Å². The Labute approximate surface area is 169 Å². The van der Waals surface area contributed by atoms with Crippen molar-refractivity contribution < 1.29 is 4.74 Å². The molecule has 1 aromatic rings. The van der Waals surface area contributed by atoms with Gasteiger partial charge in [-0.05, 0) is 32.2 Å². The number of fused-ring (bicyclic) bond motifs is 1. The Kier molecular flexibility index (Phi) is 8.40. The first-order valence-electron chi connectivity index (χ1n) is 9.69. The number of ether oxygens (including phenoxy) is 1. The van der Waals surface area contributed by atoms with Crippen LogP contribution < -0.4 is 10.2 Å². The van der Waals surface area contributed by atoms with Crippen LogP contribution in [0.4, 0.5) is 5.82 Å². The Morgan fingerprint density at radius 2 is 1.85 bits per heavy atom. The first kappa shape index (κ1) is 21.7. The molecule has 0 spiro atoms. The van der Waals surface area contributed by atoms with Crippen LogP contribution in [0, 0.1) is 5.92 Å². The van der Waals surface area contributed by atoms with Gasteiger partial charge in [-0.2, -0.15) is 0 Å². The summed E-state index contributed by atoms with van der Waals surface area (Å²) in [5.74, 6) is 3.59. The minimum atomic E-state index is 0. The quantitative estimate of drug-likeness (QED) is 0.837. The number of nitrogens with one attached hydrogen (secondary N) is 1. The number of aromatic nitrogens is 2. The molecule has 2 aliphatic heterocycles. The summed E-state index contributed by atoms with van der Waals surface area (Å²) >= 11 is 0. The van der Waals surface area contributed by atoms with Crippen molar-refractivity contribution in [3.8, 4) is 0 Å². The Morgan fingerprint density at radius 3 is 2.62 bits per heavy atom. The highest BCUT2D eigenvalue weighted by molar-refractivity contribution is 5.85. The van der Waals surface area contributed by atoms with Gasteiger partial charge in [0.25, 0.3) is 0 Å². The molecular formula is C19H32Cl2N4O. The van der Waals surface area contributed by atoms with E-state index < -0.39 is 0 Å². The molecule has 1 aromatic heterocycles. The number of rotatable bonds is 4. The standard InChI is InChI=1S/C19H30N4O.2ClH/c1-24-13-14-8-11-23(12-14)19-16-6-9-20-10-7-17(16)21-18(22-19)15-4-2-3-5-15;;/h14-15,20H,2-13H2,1H3;2*1H. The van der Waals surface area contributed by atoms with Gasteiger partial charge in [0.05, 0.1) is 12.3 Å². The van der Waals surface area contributed by atoms with Crippen LogP contribution >= 0.6 is 24.8 Å². The molecule has 0 amide bonds. The highest BCUT2D eigenvalue weighted by Gasteiger charge is 2.29. The highest BCUT2D eigenvalue weighted by Crippen LogP contribution is 2.35. The van der Waals surface area contributed by atoms with Crippen molar-refractivity contribution in [3.05, 3.63) is 17.1 Å². The topological polar surface area (TPSA) is 50.3 Å². The molecule has 1 saturated carbocycles. The SMILES string of the molecule is COCC1CCN(c2nc(C3CCCC3)nc3c2CCNCC3)C1.Cl.Cl. The van der Waals surface area contributed by atoms with Gasteiger partial charge in [-0.15, -0.1) is 24.8 Å². The zero-order valence-corrected chi connectivity index (χ0v) is 17.3. The molecule has 7 heteroatoms. The molecule has 3 heterocycles. The highest BCUT2D eigenvalue weighted by atomic mass is 35.5. The number of hydrogen-bond acceptors (Lipinski definition) is 5. The van der Waals surface area contributed by atoms with Gasteiger partial charge in [-0.3, -0.25) is 0 Å². The van der Waals surface area contributed by atoms with Crippen LogP contribution in [0.25, 0.3) is 0 Å². The van der Waals surface area contributed by atoms with Crippen molar-refractivity contribution >= 4 is 30.6 Å². The predicted molar refractivity (Wildman–Crippen MR) is 110 cm³/mol. The number of halogens is 2. The van der Waals surface area contributed by atoms with Crippen LogP contribution in [0.15, 0.2) is 0 Å². The number of hydrogen-bond donors (Lipinski definition) is 1. The third-order valence-corrected chi connectivity index (χ3v) is 5.89. The lowest BCUT2D eigenvalue weighted by Gasteiger charge is -2.24. The smallest absolute Gasteiger partial charge is 0.135 e. The van der Waals surface area contributed by atoms with Gasteiger partial charge in [0.1, 0.15) is 11.6 Å². The molecular weight excluding hydrogens is 371 g/mol. The lowest BCUT2D eigenvalue weighted by molar-refractivity contribution is 0.161. The van der Waals surface area contributed by atoms with E-state index in [9.17, 15) is 0 Å². The fourth-order valence-corrected chi connectivity index (χ4v) is 4.57. The Bertz CT molecular complexity index is 581. The van der Waals surface area contributed by atoms with E-state index in [0.29, 0.717) is 11.8 Å². The van der Waals surface area contributed by atoms with E-state index >= 15 is 0 Å². The summed E-state index contributed by atoms with van der Waals surface area (Å²) in [6.45, 7) is 5.13. The molecule has 5 nitrogen and oxygen atoms in total. The lowest BCUT2D eigenvalue weighted by Crippen LogP contribution is -2.25. The predicted octanol–water partition coefficient (Wildman–Crippen LogP) is 3.14. The molecule has 1 unspecified atom stereocenters. The van der Waals surface area contributed by atoms with Crippen molar-refractivity contribution in [2.45, 2.75) is 50.9 Å². The van der Waals surface area contributed by atoms with E-state index in [1.54, 1.807) is 0 Å². The van der Waals surface area contributed by atoms with Gasteiger partial charge in [0.15, 0.2) is 0 Å². The summed E-state index contributed by atoms with van der Waals surface area (Å²) in [6.07, 6.45) is 8.51. The zero-order valence-electron chi connectivity index (χ0n) is 15.7. The summed E-state index contributed by atoms with van der Waals surface area (Å²) in [5, 5.41) is 3.52. The van der Waals surface area contributed by atoms with Crippen molar-refractivity contribution in [1.29, 1.82) is 0 Å². The molecule has 1 aliphatic carbocycles. The normalized spacial score (nSPS) is 23.1. The fraction of sp³-hybridized carbons (Fsp3) is 0.789. The molecule has 0 radical (unpaired) electrons. The van der Waals surface area contributed by atoms with Crippen LogP contribution in [-0.2, 0) is 17.6 Å². The van der Waals surface area contributed by atoms with Crippen LogP contribution in [-0.4, -0.2) is 49.9 Å². The first-order valence-corrected chi connectivity index (χ1v) is 9.69. The molecule has 0 bridgehead atoms. The van der Waals surface area contributed by atoms with Gasteiger partial charge in [0, 0.05) is 50.6 Å². The summed E-state index contributed by atoms with van der Waals surface area (Å²) in [4.78, 5) is 12.7. The number of methoxy groups -OCH3 is 1. The van der Waals surface area contributed by atoms with Gasteiger partial charge in [-0.1, -0.05) is 12.8 Å². The third-order valence-electron chi connectivity index (χ3n) is 5.89. The molecule has 0 aromatic carbocycles. The summed E-state index contributed by atoms with van der Waals surface area (Å²) < 4.78 is 5.38. The maximum Gasteiger partial charge on any atom is 0.135 e. The van der Waals surface area contributed by atoms with Gasteiger partial charge >= 0.3 is 0 Å². The van der Waals surface area contributed by atoms with E-state index in [-0.39, 0.29) is 24.8 Å². The molecule has 4 rings (SSSR count). The molecule has 3 aliphatic rings. The Hall–Kier alpha value is -0.620. The largest absolute Gasteiger partial charge is 0.384 e. The van der Waals surface area contributed by atoms with E-state index in [4.69, 9.17) is 14.7 Å². The van der Waals surface area contributed by atoms with Crippen molar-refractivity contribution in [3.63, 3.8) is 0 Å². The van der Waals surface area contributed by atoms with E-state index in [0.717, 1.165) is 51.5 Å². The number of nitrogens with zero attached hydrogens (tertiary/aromatic N) is 3. The molecule has 148 valence electrons. The van der Waals surface area contributed by atoms with Crippen molar-refractivity contribution in [1.82, 2.24) is 15.3 Å². The van der Waals surface area contributed by atoms with Gasteiger partial charge in [0.2, 0.25) is 0 Å². The second-order valence-corrected chi connectivity index (χ2v) is 7.62. The Morgan fingerprint density at radius 1 is 1.08 bits per heavy atom. The minimum absolute atomic E-state index is 0. The first-order chi connectivity index (χ1) is 11.8. The molecule has 2 fully saturated rings. The maximum atomic E-state index is 5.38. The Balaban J connectivity index is 0.00000121.